The van der Waals surface area contributed by atoms with Gasteiger partial charge in [0, 0.05) is 22.6 Å². The minimum absolute atomic E-state index is 0.00673. The van der Waals surface area contributed by atoms with E-state index >= 15 is 0 Å². The van der Waals surface area contributed by atoms with Crippen LogP contribution >= 0.6 is 11.6 Å². The standard InChI is InChI=1S/C24H18ClF3N6O4S/c25-14-7-13(10-29)8-16(9-14)38-21-18(24(26,27)28)3-5-34(23(21)35)11-19-17-1-2-20(31-22(17)33-32-19)30-15-4-6-39(36,37)12-15/h1-3,5,7-9,15H,4,6,11-12H2,(H2,30,31,32,33). The molecular formula is C24H18ClF3N6O4S. The SMILES string of the molecule is N#Cc1cc(Cl)cc(Oc2c(C(F)(F)F)ccn(Cc3[nH]nc4nc(NC5CCS(=O)(=O)C5)ccc34)c2=O)c1. The Kier molecular flexibility index (Phi) is 6.73. The van der Waals surface area contributed by atoms with Gasteiger partial charge >= 0.3 is 6.18 Å². The normalized spacial score (nSPS) is 16.7. The van der Waals surface area contributed by atoms with E-state index in [0.29, 0.717) is 23.3 Å². The summed E-state index contributed by atoms with van der Waals surface area (Å²) in [6.07, 6.45) is -3.44. The Balaban J connectivity index is 1.45. The summed E-state index contributed by atoms with van der Waals surface area (Å²) in [6.45, 7) is -0.182. The fourth-order valence-corrected chi connectivity index (χ4v) is 6.14. The Morgan fingerprint density at radius 2 is 2.05 bits per heavy atom. The number of pyridine rings is 2. The van der Waals surface area contributed by atoms with Gasteiger partial charge < -0.3 is 14.6 Å². The number of hydrogen-bond acceptors (Lipinski definition) is 8. The quantitative estimate of drug-likeness (QED) is 0.348. The lowest BCUT2D eigenvalue weighted by Crippen LogP contribution is -2.25. The largest absolute Gasteiger partial charge is 0.451 e. The fourth-order valence-electron chi connectivity index (χ4n) is 4.24. The Labute approximate surface area is 223 Å². The number of fused-ring (bicyclic) bond motifs is 1. The molecule has 1 atom stereocenters. The number of alkyl halides is 3. The summed E-state index contributed by atoms with van der Waals surface area (Å²) in [5.41, 5.74) is -1.64. The highest BCUT2D eigenvalue weighted by molar-refractivity contribution is 7.91. The van der Waals surface area contributed by atoms with Gasteiger partial charge in [-0.2, -0.15) is 23.5 Å². The Morgan fingerprint density at radius 1 is 1.26 bits per heavy atom. The first-order chi connectivity index (χ1) is 18.4. The molecule has 1 aliphatic heterocycles. The van der Waals surface area contributed by atoms with Crippen LogP contribution in [0.15, 0.2) is 47.4 Å². The van der Waals surface area contributed by atoms with Crippen molar-refractivity contribution in [3.8, 4) is 17.6 Å². The second-order valence-corrected chi connectivity index (χ2v) is 11.6. The van der Waals surface area contributed by atoms with Gasteiger partial charge in [-0.05, 0) is 42.8 Å². The van der Waals surface area contributed by atoms with Crippen molar-refractivity contribution < 1.29 is 26.3 Å². The molecule has 0 bridgehead atoms. The lowest BCUT2D eigenvalue weighted by atomic mass is 10.2. The monoisotopic (exact) mass is 578 g/mol. The smallest absolute Gasteiger partial charge is 0.420 e. The third-order valence-electron chi connectivity index (χ3n) is 6.06. The number of hydrogen-bond donors (Lipinski definition) is 2. The van der Waals surface area contributed by atoms with Crippen molar-refractivity contribution in [3.05, 3.63) is 74.8 Å². The van der Waals surface area contributed by atoms with E-state index in [2.05, 4.69) is 20.5 Å². The number of aromatic amines is 1. The highest BCUT2D eigenvalue weighted by Gasteiger charge is 2.36. The maximum atomic E-state index is 13.7. The number of aromatic nitrogens is 4. The lowest BCUT2D eigenvalue weighted by molar-refractivity contribution is -0.138. The third kappa shape index (κ3) is 5.69. The topological polar surface area (TPSA) is 143 Å². The molecule has 0 saturated carbocycles. The minimum atomic E-state index is -4.89. The molecular weight excluding hydrogens is 561 g/mol. The molecule has 4 aromatic rings. The number of nitriles is 1. The zero-order valence-corrected chi connectivity index (χ0v) is 21.4. The number of nitrogens with one attached hydrogen (secondary N) is 2. The Morgan fingerprint density at radius 3 is 2.74 bits per heavy atom. The van der Waals surface area contributed by atoms with E-state index in [1.807, 2.05) is 6.07 Å². The number of sulfone groups is 1. The summed E-state index contributed by atoms with van der Waals surface area (Å²) in [4.78, 5) is 17.5. The van der Waals surface area contributed by atoms with Gasteiger partial charge in [0.1, 0.15) is 17.1 Å². The third-order valence-corrected chi connectivity index (χ3v) is 8.04. The number of halogens is 4. The molecule has 39 heavy (non-hydrogen) atoms. The van der Waals surface area contributed by atoms with Crippen molar-refractivity contribution in [2.24, 2.45) is 0 Å². The van der Waals surface area contributed by atoms with Crippen LogP contribution in [0.2, 0.25) is 5.02 Å². The van der Waals surface area contributed by atoms with Gasteiger partial charge in [-0.25, -0.2) is 13.4 Å². The molecule has 0 radical (unpaired) electrons. The number of rotatable bonds is 6. The minimum Gasteiger partial charge on any atom is -0.451 e. The Bertz CT molecular complexity index is 1800. The molecule has 1 saturated heterocycles. The van der Waals surface area contributed by atoms with Gasteiger partial charge in [0.25, 0.3) is 5.56 Å². The van der Waals surface area contributed by atoms with Crippen LogP contribution in [-0.2, 0) is 22.6 Å². The molecule has 202 valence electrons. The van der Waals surface area contributed by atoms with E-state index in [1.165, 1.54) is 18.2 Å². The first-order valence-electron chi connectivity index (χ1n) is 11.4. The van der Waals surface area contributed by atoms with E-state index in [1.54, 1.807) is 12.1 Å². The van der Waals surface area contributed by atoms with Gasteiger partial charge in [0.2, 0.25) is 5.75 Å². The van der Waals surface area contributed by atoms with Crippen LogP contribution in [-0.4, -0.2) is 45.7 Å². The zero-order valence-electron chi connectivity index (χ0n) is 19.8. The summed E-state index contributed by atoms with van der Waals surface area (Å²) in [5, 5.41) is 19.6. The number of ether oxygens (including phenoxy) is 1. The number of nitrogens with zero attached hydrogens (tertiary/aromatic N) is 4. The second-order valence-electron chi connectivity index (χ2n) is 8.89. The molecule has 1 unspecified atom stereocenters. The molecule has 10 nitrogen and oxygen atoms in total. The molecule has 4 heterocycles. The maximum absolute atomic E-state index is 13.7. The fraction of sp³-hybridized carbons (Fsp3) is 0.250. The van der Waals surface area contributed by atoms with E-state index in [4.69, 9.17) is 21.6 Å². The van der Waals surface area contributed by atoms with Crippen LogP contribution in [0.5, 0.6) is 11.5 Å². The van der Waals surface area contributed by atoms with Crippen LogP contribution in [0, 0.1) is 11.3 Å². The Hall–Kier alpha value is -4.09. The summed E-state index contributed by atoms with van der Waals surface area (Å²) in [5.74, 6) is -0.651. The maximum Gasteiger partial charge on any atom is 0.420 e. The van der Waals surface area contributed by atoms with Crippen LogP contribution in [0.3, 0.4) is 0 Å². The lowest BCUT2D eigenvalue weighted by Gasteiger charge is -2.15. The number of benzene rings is 1. The highest BCUT2D eigenvalue weighted by atomic mass is 35.5. The zero-order chi connectivity index (χ0) is 27.9. The molecule has 0 spiro atoms. The van der Waals surface area contributed by atoms with Crippen molar-refractivity contribution in [2.45, 2.75) is 25.2 Å². The highest BCUT2D eigenvalue weighted by Crippen LogP contribution is 2.36. The van der Waals surface area contributed by atoms with Gasteiger partial charge in [0.05, 0.1) is 35.4 Å². The summed E-state index contributed by atoms with van der Waals surface area (Å²) < 4.78 is 71.0. The van der Waals surface area contributed by atoms with Gasteiger partial charge in [-0.1, -0.05) is 11.6 Å². The molecule has 1 aromatic carbocycles. The van der Waals surface area contributed by atoms with E-state index < -0.39 is 32.9 Å². The molecule has 3 aromatic heterocycles. The molecule has 5 rings (SSSR count). The van der Waals surface area contributed by atoms with Crippen LogP contribution in [0.4, 0.5) is 19.0 Å². The second kappa shape index (κ2) is 9.90. The summed E-state index contributed by atoms with van der Waals surface area (Å²) >= 11 is 5.93. The predicted octanol–water partition coefficient (Wildman–Crippen LogP) is 4.10. The first kappa shape index (κ1) is 26.5. The average Bonchev–Trinajstić information content (AvgIpc) is 3.41. The molecule has 1 aliphatic rings. The van der Waals surface area contributed by atoms with E-state index in [-0.39, 0.29) is 46.1 Å². The summed E-state index contributed by atoms with van der Waals surface area (Å²) in [6, 6.07) is 9.23. The van der Waals surface area contributed by atoms with Crippen molar-refractivity contribution in [2.75, 3.05) is 16.8 Å². The molecule has 1 fully saturated rings. The van der Waals surface area contributed by atoms with Crippen LogP contribution in [0.25, 0.3) is 11.0 Å². The molecule has 0 aliphatic carbocycles. The van der Waals surface area contributed by atoms with Gasteiger partial charge in [0.15, 0.2) is 15.5 Å². The van der Waals surface area contributed by atoms with Gasteiger partial charge in [-0.15, -0.1) is 0 Å². The average molecular weight is 579 g/mol. The molecule has 0 amide bonds. The van der Waals surface area contributed by atoms with E-state index in [0.717, 1.165) is 16.8 Å². The van der Waals surface area contributed by atoms with Crippen LogP contribution < -0.4 is 15.6 Å². The first-order valence-corrected chi connectivity index (χ1v) is 13.6. The van der Waals surface area contributed by atoms with E-state index in [9.17, 15) is 26.4 Å². The van der Waals surface area contributed by atoms with Crippen molar-refractivity contribution in [3.63, 3.8) is 0 Å². The van der Waals surface area contributed by atoms with Crippen molar-refractivity contribution in [1.29, 1.82) is 5.26 Å². The summed E-state index contributed by atoms with van der Waals surface area (Å²) in [7, 11) is -3.08. The van der Waals surface area contributed by atoms with Crippen molar-refractivity contribution >= 4 is 38.3 Å². The number of anilines is 1. The van der Waals surface area contributed by atoms with Crippen LogP contribution in [0.1, 0.15) is 23.2 Å². The number of H-pyrrole nitrogens is 1. The molecule has 2 N–H and O–H groups in total. The predicted molar refractivity (Wildman–Crippen MR) is 136 cm³/mol. The van der Waals surface area contributed by atoms with Crippen molar-refractivity contribution in [1.82, 2.24) is 19.7 Å². The molecule has 15 heteroatoms. The van der Waals surface area contributed by atoms with Gasteiger partial charge in [-0.3, -0.25) is 9.89 Å².